The molecule has 62 valence electrons. The van der Waals surface area contributed by atoms with Gasteiger partial charge in [0.1, 0.15) is 0 Å². The van der Waals surface area contributed by atoms with Gasteiger partial charge in [0.05, 0.1) is 0 Å². The van der Waals surface area contributed by atoms with Crippen molar-refractivity contribution in [1.82, 2.24) is 0 Å². The van der Waals surface area contributed by atoms with Crippen molar-refractivity contribution in [1.29, 1.82) is 0 Å². The third-order valence-corrected chi connectivity index (χ3v) is 2.17. The van der Waals surface area contributed by atoms with E-state index in [9.17, 15) is 0 Å². The highest BCUT2D eigenvalue weighted by atomic mass is 14.0. The van der Waals surface area contributed by atoms with Gasteiger partial charge in [0, 0.05) is 6.42 Å². The van der Waals surface area contributed by atoms with Crippen molar-refractivity contribution in [3.05, 3.63) is 48.0 Å². The maximum absolute atomic E-state index is 5.30. The van der Waals surface area contributed by atoms with Crippen LogP contribution in [-0.4, -0.2) is 0 Å². The Morgan fingerprint density at radius 1 is 1.00 bits per heavy atom. The van der Waals surface area contributed by atoms with Gasteiger partial charge in [0.15, 0.2) is 0 Å². The molecule has 0 nitrogen and oxygen atoms in total. The molecule has 0 unspecified atom stereocenters. The second kappa shape index (κ2) is 3.33. The molecule has 0 N–H and O–H groups in total. The average molecular weight is 166 g/mol. The van der Waals surface area contributed by atoms with E-state index >= 15 is 0 Å². The summed E-state index contributed by atoms with van der Waals surface area (Å²) in [5.41, 5.74) is 1.24. The summed E-state index contributed by atoms with van der Waals surface area (Å²) in [4.78, 5) is 0. The van der Waals surface area contributed by atoms with Crippen molar-refractivity contribution in [2.24, 2.45) is 0 Å². The lowest BCUT2D eigenvalue weighted by atomic mass is 10.0. The Balaban J connectivity index is 2.70. The van der Waals surface area contributed by atoms with Crippen LogP contribution < -0.4 is 0 Å². The number of benzene rings is 2. The largest absolute Gasteiger partial charge is 0.120 e. The standard InChI is InChI=1S/C13H10/c1-2-6-11-8-5-9-12-7-3-4-10-13(11)12/h1,3-5,7-10H,6H2. The van der Waals surface area contributed by atoms with E-state index in [1.807, 2.05) is 12.1 Å². The SMILES string of the molecule is C#CCc1cccc2ccccc12. The molecule has 0 aliphatic carbocycles. The van der Waals surface area contributed by atoms with Crippen LogP contribution in [0.5, 0.6) is 0 Å². The van der Waals surface area contributed by atoms with Crippen LogP contribution in [-0.2, 0) is 6.42 Å². The molecule has 0 heteroatoms. The second-order valence-electron chi connectivity index (χ2n) is 3.02. The van der Waals surface area contributed by atoms with Gasteiger partial charge in [-0.1, -0.05) is 42.5 Å². The predicted molar refractivity (Wildman–Crippen MR) is 56.5 cm³/mol. The first kappa shape index (κ1) is 7.89. The zero-order valence-electron chi connectivity index (χ0n) is 7.33. The maximum Gasteiger partial charge on any atom is 0.0343 e. The fourth-order valence-corrected chi connectivity index (χ4v) is 1.56. The predicted octanol–water partition coefficient (Wildman–Crippen LogP) is 3.02. The normalized spacial score (nSPS) is 9.77. The van der Waals surface area contributed by atoms with Crippen LogP contribution >= 0.6 is 0 Å². The van der Waals surface area contributed by atoms with Gasteiger partial charge in [-0.05, 0) is 16.3 Å². The van der Waals surface area contributed by atoms with Crippen molar-refractivity contribution in [2.75, 3.05) is 0 Å². The number of rotatable bonds is 1. The van der Waals surface area contributed by atoms with Gasteiger partial charge in [-0.2, -0.15) is 0 Å². The summed E-state index contributed by atoms with van der Waals surface area (Å²) in [6.07, 6.45) is 6.01. The van der Waals surface area contributed by atoms with E-state index in [1.165, 1.54) is 16.3 Å². The number of fused-ring (bicyclic) bond motifs is 1. The van der Waals surface area contributed by atoms with Crippen LogP contribution in [0.15, 0.2) is 42.5 Å². The molecule has 0 atom stereocenters. The summed E-state index contributed by atoms with van der Waals surface area (Å²) in [5.74, 6) is 2.68. The van der Waals surface area contributed by atoms with E-state index in [4.69, 9.17) is 6.42 Å². The zero-order valence-corrected chi connectivity index (χ0v) is 7.33. The van der Waals surface area contributed by atoms with E-state index < -0.39 is 0 Å². The molecule has 0 bridgehead atoms. The Labute approximate surface area is 78.2 Å². The van der Waals surface area contributed by atoms with E-state index in [-0.39, 0.29) is 0 Å². The highest BCUT2D eigenvalue weighted by molar-refractivity contribution is 5.85. The Hall–Kier alpha value is -1.74. The molecule has 0 aliphatic heterocycles. The Morgan fingerprint density at radius 3 is 2.62 bits per heavy atom. The van der Waals surface area contributed by atoms with E-state index in [1.54, 1.807) is 0 Å². The lowest BCUT2D eigenvalue weighted by Crippen LogP contribution is -1.83. The molecule has 0 aromatic heterocycles. The minimum absolute atomic E-state index is 0.710. The first-order valence-corrected chi connectivity index (χ1v) is 4.32. The topological polar surface area (TPSA) is 0 Å². The molecule has 0 radical (unpaired) electrons. The van der Waals surface area contributed by atoms with Crippen LogP contribution in [0.2, 0.25) is 0 Å². The number of hydrogen-bond acceptors (Lipinski definition) is 0. The Bertz CT molecular complexity index is 455. The summed E-state index contributed by atoms with van der Waals surface area (Å²) in [5, 5.41) is 2.53. The third kappa shape index (κ3) is 1.41. The van der Waals surface area contributed by atoms with Gasteiger partial charge < -0.3 is 0 Å². The quantitative estimate of drug-likeness (QED) is 0.571. The molecule has 0 saturated heterocycles. The maximum atomic E-state index is 5.30. The first-order chi connectivity index (χ1) is 6.42. The van der Waals surface area contributed by atoms with Gasteiger partial charge in [-0.3, -0.25) is 0 Å². The van der Waals surface area contributed by atoms with Crippen molar-refractivity contribution >= 4 is 10.8 Å². The summed E-state index contributed by atoms with van der Waals surface area (Å²) >= 11 is 0. The number of terminal acetylenes is 1. The van der Waals surface area contributed by atoms with Crippen molar-refractivity contribution in [3.63, 3.8) is 0 Å². The van der Waals surface area contributed by atoms with E-state index in [0.29, 0.717) is 6.42 Å². The minimum Gasteiger partial charge on any atom is -0.120 e. The number of hydrogen-bond donors (Lipinski definition) is 0. The lowest BCUT2D eigenvalue weighted by Gasteiger charge is -2.01. The van der Waals surface area contributed by atoms with Gasteiger partial charge in [0.25, 0.3) is 0 Å². The average Bonchev–Trinajstić information content (AvgIpc) is 2.19. The van der Waals surface area contributed by atoms with Gasteiger partial charge in [0.2, 0.25) is 0 Å². The molecule has 2 rings (SSSR count). The Morgan fingerprint density at radius 2 is 1.77 bits per heavy atom. The van der Waals surface area contributed by atoms with Crippen LogP contribution in [0.25, 0.3) is 10.8 Å². The molecular formula is C13H10. The van der Waals surface area contributed by atoms with Crippen molar-refractivity contribution in [3.8, 4) is 12.3 Å². The van der Waals surface area contributed by atoms with Crippen LogP contribution in [0, 0.1) is 12.3 Å². The summed E-state index contributed by atoms with van der Waals surface area (Å²) in [7, 11) is 0. The van der Waals surface area contributed by atoms with E-state index in [2.05, 4.69) is 36.3 Å². The molecule has 0 fully saturated rings. The summed E-state index contributed by atoms with van der Waals surface area (Å²) in [6, 6.07) is 14.5. The molecule has 0 spiro atoms. The monoisotopic (exact) mass is 166 g/mol. The van der Waals surface area contributed by atoms with Crippen LogP contribution in [0.4, 0.5) is 0 Å². The Kier molecular flexibility index (Phi) is 2.02. The van der Waals surface area contributed by atoms with Crippen LogP contribution in [0.3, 0.4) is 0 Å². The molecule has 0 heterocycles. The van der Waals surface area contributed by atoms with Crippen molar-refractivity contribution in [2.45, 2.75) is 6.42 Å². The third-order valence-electron chi connectivity index (χ3n) is 2.17. The fraction of sp³-hybridized carbons (Fsp3) is 0.0769. The van der Waals surface area contributed by atoms with Gasteiger partial charge in [-0.15, -0.1) is 12.3 Å². The zero-order chi connectivity index (χ0) is 9.10. The molecule has 2 aromatic carbocycles. The summed E-state index contributed by atoms with van der Waals surface area (Å²) < 4.78 is 0. The van der Waals surface area contributed by atoms with Gasteiger partial charge >= 0.3 is 0 Å². The molecule has 0 amide bonds. The minimum atomic E-state index is 0.710. The van der Waals surface area contributed by atoms with Crippen LogP contribution in [0.1, 0.15) is 5.56 Å². The highest BCUT2D eigenvalue weighted by Crippen LogP contribution is 2.18. The van der Waals surface area contributed by atoms with E-state index in [0.717, 1.165) is 0 Å². The fourth-order valence-electron chi connectivity index (χ4n) is 1.56. The molecule has 0 aliphatic rings. The summed E-state index contributed by atoms with van der Waals surface area (Å²) in [6.45, 7) is 0. The molecule has 2 aromatic rings. The molecule has 13 heavy (non-hydrogen) atoms. The van der Waals surface area contributed by atoms with Gasteiger partial charge in [-0.25, -0.2) is 0 Å². The second-order valence-corrected chi connectivity index (χ2v) is 3.02. The highest BCUT2D eigenvalue weighted by Gasteiger charge is 1.96. The lowest BCUT2D eigenvalue weighted by molar-refractivity contribution is 1.36. The first-order valence-electron chi connectivity index (χ1n) is 4.32. The smallest absolute Gasteiger partial charge is 0.0343 e. The molecule has 0 saturated carbocycles. The van der Waals surface area contributed by atoms with Crippen molar-refractivity contribution < 1.29 is 0 Å². The molecular weight excluding hydrogens is 156 g/mol.